The maximum absolute atomic E-state index is 6.21. The fraction of sp³-hybridized carbons (Fsp3) is 0.565. The van der Waals surface area contributed by atoms with Gasteiger partial charge < -0.3 is 20.7 Å². The molecule has 0 saturated carbocycles. The Morgan fingerprint density at radius 3 is 2.69 bits per heavy atom. The molecule has 0 radical (unpaired) electrons. The molecule has 5 rings (SSSR count). The molecule has 0 unspecified atom stereocenters. The molecule has 3 aromatic heterocycles. The summed E-state index contributed by atoms with van der Waals surface area (Å²) in [6.45, 7) is 9.12. The number of rotatable bonds is 6. The topological polar surface area (TPSA) is 107 Å². The second kappa shape index (κ2) is 8.99. The Balaban J connectivity index is 1.50. The summed E-state index contributed by atoms with van der Waals surface area (Å²) < 4.78 is 7.63. The first kappa shape index (κ1) is 21.1. The Morgan fingerprint density at radius 1 is 1.12 bits per heavy atom. The fourth-order valence-electron chi connectivity index (χ4n) is 4.68. The number of anilines is 2. The van der Waals surface area contributed by atoms with Crippen LogP contribution in [-0.4, -0.2) is 68.5 Å². The summed E-state index contributed by atoms with van der Waals surface area (Å²) in [6, 6.07) is 0.684. The van der Waals surface area contributed by atoms with Gasteiger partial charge in [0.2, 0.25) is 0 Å². The number of piperidine rings is 1. The third-order valence-electron chi connectivity index (χ3n) is 6.69. The van der Waals surface area contributed by atoms with Gasteiger partial charge in [-0.25, -0.2) is 15.0 Å². The Hall–Kier alpha value is -2.78. The van der Waals surface area contributed by atoms with Gasteiger partial charge in [-0.3, -0.25) is 4.68 Å². The maximum Gasteiger partial charge on any atom is 0.151 e. The molecule has 2 fully saturated rings. The minimum absolute atomic E-state index is 0.256. The molecule has 5 heterocycles. The lowest BCUT2D eigenvalue weighted by atomic mass is 10.1. The molecule has 0 spiro atoms. The second-order valence-corrected chi connectivity index (χ2v) is 8.71. The number of likely N-dealkylation sites (tertiary alicyclic amines) is 1. The number of aryl methyl sites for hydroxylation is 1. The summed E-state index contributed by atoms with van der Waals surface area (Å²) in [5, 5.41) is 8.23. The van der Waals surface area contributed by atoms with E-state index in [1.54, 1.807) is 6.20 Å². The van der Waals surface area contributed by atoms with Gasteiger partial charge in [0.1, 0.15) is 16.9 Å². The Kier molecular flexibility index (Phi) is 5.93. The molecular formula is C23H32N8O. The molecule has 32 heavy (non-hydrogen) atoms. The van der Waals surface area contributed by atoms with E-state index in [-0.39, 0.29) is 6.04 Å². The van der Waals surface area contributed by atoms with Crippen molar-refractivity contribution in [3.63, 3.8) is 0 Å². The summed E-state index contributed by atoms with van der Waals surface area (Å²) in [5.74, 6) is 1.21. The van der Waals surface area contributed by atoms with Gasteiger partial charge in [-0.2, -0.15) is 5.10 Å². The monoisotopic (exact) mass is 436 g/mol. The van der Waals surface area contributed by atoms with Crippen molar-refractivity contribution in [3.8, 4) is 11.1 Å². The van der Waals surface area contributed by atoms with E-state index in [9.17, 15) is 0 Å². The third kappa shape index (κ3) is 4.02. The van der Waals surface area contributed by atoms with Gasteiger partial charge in [0, 0.05) is 43.2 Å². The van der Waals surface area contributed by atoms with Crippen molar-refractivity contribution in [2.24, 2.45) is 0 Å². The molecular weight excluding hydrogens is 404 g/mol. The molecule has 3 aromatic rings. The molecule has 3 N–H and O–H groups in total. The molecule has 0 amide bonds. The quantitative estimate of drug-likeness (QED) is 0.607. The number of nitrogens with zero attached hydrogens (tertiary/aromatic N) is 6. The van der Waals surface area contributed by atoms with Gasteiger partial charge in [0.15, 0.2) is 5.82 Å². The SMILES string of the molecule is CCc1nc2c(N)ncc(-c3cnn(C4CCN(CC)CC4)c3)c2nc1N[C@H]1CCOC1. The van der Waals surface area contributed by atoms with Crippen LogP contribution < -0.4 is 11.1 Å². The lowest BCUT2D eigenvalue weighted by Crippen LogP contribution is -2.34. The zero-order valence-corrected chi connectivity index (χ0v) is 18.9. The lowest BCUT2D eigenvalue weighted by molar-refractivity contribution is 0.187. The van der Waals surface area contributed by atoms with E-state index >= 15 is 0 Å². The summed E-state index contributed by atoms with van der Waals surface area (Å²) >= 11 is 0. The van der Waals surface area contributed by atoms with Crippen LogP contribution >= 0.6 is 0 Å². The van der Waals surface area contributed by atoms with Crippen LogP contribution in [-0.2, 0) is 11.2 Å². The van der Waals surface area contributed by atoms with E-state index in [1.807, 2.05) is 6.20 Å². The average Bonchev–Trinajstić information content (AvgIpc) is 3.52. The predicted molar refractivity (Wildman–Crippen MR) is 126 cm³/mol. The van der Waals surface area contributed by atoms with E-state index in [4.69, 9.17) is 25.5 Å². The van der Waals surface area contributed by atoms with E-state index in [0.717, 1.165) is 80.1 Å². The fourth-order valence-corrected chi connectivity index (χ4v) is 4.68. The van der Waals surface area contributed by atoms with Crippen molar-refractivity contribution in [1.82, 2.24) is 29.6 Å². The van der Waals surface area contributed by atoms with Crippen LogP contribution in [0.1, 0.15) is 44.8 Å². The highest BCUT2D eigenvalue weighted by Gasteiger charge is 2.23. The van der Waals surface area contributed by atoms with Gasteiger partial charge in [-0.15, -0.1) is 0 Å². The Labute approximate surface area is 188 Å². The Morgan fingerprint density at radius 2 is 1.97 bits per heavy atom. The van der Waals surface area contributed by atoms with Crippen LogP contribution in [0.5, 0.6) is 0 Å². The van der Waals surface area contributed by atoms with E-state index in [1.165, 1.54) is 0 Å². The molecule has 2 saturated heterocycles. The van der Waals surface area contributed by atoms with Gasteiger partial charge in [0.25, 0.3) is 0 Å². The normalized spacial score (nSPS) is 20.2. The lowest BCUT2D eigenvalue weighted by Gasteiger charge is -2.31. The molecule has 0 aliphatic carbocycles. The first-order valence-electron chi connectivity index (χ1n) is 11.7. The number of nitrogen functional groups attached to an aromatic ring is 1. The maximum atomic E-state index is 6.21. The number of nitrogens with two attached hydrogens (primary N) is 1. The van der Waals surface area contributed by atoms with Crippen LogP contribution in [0.3, 0.4) is 0 Å². The predicted octanol–water partition coefficient (Wildman–Crippen LogP) is 2.89. The van der Waals surface area contributed by atoms with Crippen LogP contribution in [0.2, 0.25) is 0 Å². The minimum atomic E-state index is 0.256. The van der Waals surface area contributed by atoms with Gasteiger partial charge in [-0.05, 0) is 32.2 Å². The number of fused-ring (bicyclic) bond motifs is 1. The second-order valence-electron chi connectivity index (χ2n) is 8.71. The van der Waals surface area contributed by atoms with Crippen molar-refractivity contribution in [3.05, 3.63) is 24.3 Å². The number of hydrogen-bond acceptors (Lipinski definition) is 8. The first-order valence-corrected chi connectivity index (χ1v) is 11.7. The van der Waals surface area contributed by atoms with Gasteiger partial charge >= 0.3 is 0 Å². The summed E-state index contributed by atoms with van der Waals surface area (Å²) in [7, 11) is 0. The molecule has 2 aliphatic rings. The average molecular weight is 437 g/mol. The molecule has 9 nitrogen and oxygen atoms in total. The largest absolute Gasteiger partial charge is 0.382 e. The zero-order valence-electron chi connectivity index (χ0n) is 18.9. The van der Waals surface area contributed by atoms with Gasteiger partial charge in [0.05, 0.1) is 30.6 Å². The van der Waals surface area contributed by atoms with Crippen LogP contribution in [0, 0.1) is 0 Å². The number of ether oxygens (including phenoxy) is 1. The summed E-state index contributed by atoms with van der Waals surface area (Å²) in [6.07, 6.45) is 9.79. The number of aromatic nitrogens is 5. The summed E-state index contributed by atoms with van der Waals surface area (Å²) in [5.41, 5.74) is 10.4. The van der Waals surface area contributed by atoms with Crippen molar-refractivity contribution < 1.29 is 4.74 Å². The standard InChI is InChI=1S/C23H32N8O/c1-3-19-23(27-16-7-10-32-14-16)29-20-18(12-25-22(24)21(20)28-19)15-11-26-31(13-15)17-5-8-30(4-2)9-6-17/h11-13,16-17H,3-10,14H2,1-2H3,(H2,24,25)(H,27,29)/t16-/m0/s1. The molecule has 9 heteroatoms. The molecule has 1 atom stereocenters. The highest BCUT2D eigenvalue weighted by Crippen LogP contribution is 2.32. The first-order chi connectivity index (χ1) is 15.7. The zero-order chi connectivity index (χ0) is 22.1. The van der Waals surface area contributed by atoms with Crippen molar-refractivity contribution in [2.45, 2.75) is 51.6 Å². The highest BCUT2D eigenvalue weighted by molar-refractivity contribution is 5.96. The number of hydrogen-bond donors (Lipinski definition) is 2. The summed E-state index contributed by atoms with van der Waals surface area (Å²) in [4.78, 5) is 16.8. The van der Waals surface area contributed by atoms with E-state index < -0.39 is 0 Å². The van der Waals surface area contributed by atoms with Gasteiger partial charge in [-0.1, -0.05) is 13.8 Å². The molecule has 0 bridgehead atoms. The van der Waals surface area contributed by atoms with Crippen molar-refractivity contribution in [1.29, 1.82) is 0 Å². The van der Waals surface area contributed by atoms with Crippen molar-refractivity contribution >= 4 is 22.7 Å². The van der Waals surface area contributed by atoms with Crippen LogP contribution in [0.4, 0.5) is 11.6 Å². The van der Waals surface area contributed by atoms with E-state index in [0.29, 0.717) is 24.0 Å². The Bertz CT molecular complexity index is 1080. The number of nitrogens with one attached hydrogen (secondary N) is 1. The molecule has 170 valence electrons. The highest BCUT2D eigenvalue weighted by atomic mass is 16.5. The number of pyridine rings is 1. The van der Waals surface area contributed by atoms with E-state index in [2.05, 4.69) is 39.9 Å². The minimum Gasteiger partial charge on any atom is -0.382 e. The van der Waals surface area contributed by atoms with Crippen LogP contribution in [0.15, 0.2) is 18.6 Å². The smallest absolute Gasteiger partial charge is 0.151 e. The third-order valence-corrected chi connectivity index (χ3v) is 6.69. The molecule has 2 aliphatic heterocycles. The molecule has 0 aromatic carbocycles. The van der Waals surface area contributed by atoms with Crippen molar-refractivity contribution in [2.75, 3.05) is 43.9 Å². The van der Waals surface area contributed by atoms with Crippen LogP contribution in [0.25, 0.3) is 22.2 Å².